The summed E-state index contributed by atoms with van der Waals surface area (Å²) in [6.07, 6.45) is 7.39. The second kappa shape index (κ2) is 6.70. The van der Waals surface area contributed by atoms with Crippen LogP contribution in [0, 0.1) is 10.1 Å². The molecule has 1 amide bonds. The van der Waals surface area contributed by atoms with Gasteiger partial charge in [-0.3, -0.25) is 20.2 Å². The van der Waals surface area contributed by atoms with E-state index in [9.17, 15) is 14.9 Å². The summed E-state index contributed by atoms with van der Waals surface area (Å²) in [6, 6.07) is 6.02. The molecule has 0 fully saturated rings. The first-order valence-corrected chi connectivity index (χ1v) is 8.15. The first-order valence-electron chi connectivity index (χ1n) is 7.34. The Balaban J connectivity index is 1.62. The molecule has 1 aliphatic rings. The molecule has 6 nitrogen and oxygen atoms in total. The van der Waals surface area contributed by atoms with E-state index in [1.165, 1.54) is 40.8 Å². The second-order valence-electron chi connectivity index (χ2n) is 5.27. The van der Waals surface area contributed by atoms with Gasteiger partial charge in [-0.2, -0.15) is 0 Å². The number of non-ortho nitro benzene ring substituents is 1. The number of aryl methyl sites for hydroxylation is 2. The summed E-state index contributed by atoms with van der Waals surface area (Å²) in [5.41, 5.74) is 1.86. The van der Waals surface area contributed by atoms with Gasteiger partial charge in [0, 0.05) is 23.1 Å². The van der Waals surface area contributed by atoms with Gasteiger partial charge in [-0.25, -0.2) is 4.98 Å². The quantitative estimate of drug-likeness (QED) is 0.528. The molecular weight excluding hydrogens is 314 g/mol. The number of carbonyl (C=O) groups excluding carboxylic acids is 1. The lowest BCUT2D eigenvalue weighted by Gasteiger charge is -2.06. The minimum absolute atomic E-state index is 0.0277. The number of rotatable bonds is 4. The summed E-state index contributed by atoms with van der Waals surface area (Å²) in [6.45, 7) is 0. The van der Waals surface area contributed by atoms with E-state index in [0.717, 1.165) is 30.5 Å². The normalized spacial score (nSPS) is 13.7. The predicted octanol–water partition coefficient (Wildman–Crippen LogP) is 3.58. The fraction of sp³-hybridized carbons (Fsp3) is 0.250. The molecule has 0 spiro atoms. The zero-order valence-electron chi connectivity index (χ0n) is 12.3. The molecule has 1 aromatic heterocycles. The minimum Gasteiger partial charge on any atom is -0.298 e. The van der Waals surface area contributed by atoms with Crippen LogP contribution < -0.4 is 5.32 Å². The molecule has 1 aliphatic carbocycles. The van der Waals surface area contributed by atoms with Crippen LogP contribution in [-0.4, -0.2) is 15.8 Å². The number of thiazole rings is 1. The maximum Gasteiger partial charge on any atom is 0.269 e. The number of nitro groups is 1. The summed E-state index contributed by atoms with van der Waals surface area (Å²) in [4.78, 5) is 27.8. The molecular formula is C16H15N3O3S. The van der Waals surface area contributed by atoms with Crippen LogP contribution in [0.15, 0.2) is 30.3 Å². The average molecular weight is 329 g/mol. The molecule has 0 unspecified atom stereocenters. The molecule has 1 aromatic carbocycles. The van der Waals surface area contributed by atoms with Gasteiger partial charge in [0.25, 0.3) is 5.69 Å². The Hall–Kier alpha value is -2.54. The van der Waals surface area contributed by atoms with Crippen LogP contribution in [0.25, 0.3) is 6.08 Å². The SMILES string of the molecule is O=C(C=Cc1ccc([N+](=O)[O-])cc1)Nc1nc2c(s1)CCCC2. The number of fused-ring (bicyclic) bond motifs is 1. The first kappa shape index (κ1) is 15.4. The smallest absolute Gasteiger partial charge is 0.269 e. The van der Waals surface area contributed by atoms with Crippen molar-refractivity contribution < 1.29 is 9.72 Å². The zero-order chi connectivity index (χ0) is 16.2. The Morgan fingerprint density at radius 2 is 2.00 bits per heavy atom. The van der Waals surface area contributed by atoms with E-state index < -0.39 is 4.92 Å². The van der Waals surface area contributed by atoms with Gasteiger partial charge >= 0.3 is 0 Å². The highest BCUT2D eigenvalue weighted by Crippen LogP contribution is 2.29. The van der Waals surface area contributed by atoms with Crippen LogP contribution in [0.2, 0.25) is 0 Å². The summed E-state index contributed by atoms with van der Waals surface area (Å²) in [7, 11) is 0. The van der Waals surface area contributed by atoms with Crippen LogP contribution >= 0.6 is 11.3 Å². The van der Waals surface area contributed by atoms with Crippen molar-refractivity contribution in [1.82, 2.24) is 4.98 Å². The van der Waals surface area contributed by atoms with Crippen molar-refractivity contribution in [1.29, 1.82) is 0 Å². The van der Waals surface area contributed by atoms with E-state index in [4.69, 9.17) is 0 Å². The maximum absolute atomic E-state index is 11.9. The number of amides is 1. The highest BCUT2D eigenvalue weighted by atomic mass is 32.1. The van der Waals surface area contributed by atoms with E-state index in [1.807, 2.05) is 0 Å². The topological polar surface area (TPSA) is 85.1 Å². The number of nitrogens with one attached hydrogen (secondary N) is 1. The van der Waals surface area contributed by atoms with Gasteiger partial charge in [-0.1, -0.05) is 0 Å². The van der Waals surface area contributed by atoms with Crippen LogP contribution in [0.5, 0.6) is 0 Å². The molecule has 1 N–H and O–H groups in total. The largest absolute Gasteiger partial charge is 0.298 e. The summed E-state index contributed by atoms with van der Waals surface area (Å²) < 4.78 is 0. The Morgan fingerprint density at radius 3 is 2.70 bits per heavy atom. The fourth-order valence-electron chi connectivity index (χ4n) is 2.43. The standard InChI is InChI=1S/C16H15N3O3S/c20-15(10-7-11-5-8-12(9-6-11)19(21)22)18-16-17-13-3-1-2-4-14(13)23-16/h5-10H,1-4H2,(H,17,18,20). The molecule has 0 bridgehead atoms. The Morgan fingerprint density at radius 1 is 1.26 bits per heavy atom. The van der Waals surface area contributed by atoms with Gasteiger partial charge < -0.3 is 0 Å². The summed E-state index contributed by atoms with van der Waals surface area (Å²) in [5, 5.41) is 14.0. The minimum atomic E-state index is -0.454. The molecule has 118 valence electrons. The summed E-state index contributed by atoms with van der Waals surface area (Å²) in [5.74, 6) is -0.255. The van der Waals surface area contributed by atoms with Gasteiger partial charge in [0.2, 0.25) is 5.91 Å². The molecule has 23 heavy (non-hydrogen) atoms. The zero-order valence-corrected chi connectivity index (χ0v) is 13.1. The van der Waals surface area contributed by atoms with Gasteiger partial charge in [0.15, 0.2) is 5.13 Å². The third-order valence-corrected chi connectivity index (χ3v) is 4.68. The van der Waals surface area contributed by atoms with Crippen molar-refractivity contribution >= 4 is 34.1 Å². The molecule has 0 atom stereocenters. The third-order valence-electron chi connectivity index (χ3n) is 3.61. The lowest BCUT2D eigenvalue weighted by molar-refractivity contribution is -0.384. The number of carbonyl (C=O) groups is 1. The number of aromatic nitrogens is 1. The number of hydrogen-bond acceptors (Lipinski definition) is 5. The van der Waals surface area contributed by atoms with Gasteiger partial charge in [-0.05, 0) is 49.5 Å². The van der Waals surface area contributed by atoms with Crippen LogP contribution in [0.4, 0.5) is 10.8 Å². The number of anilines is 1. The third kappa shape index (κ3) is 3.81. The Bertz CT molecular complexity index is 742. The summed E-state index contributed by atoms with van der Waals surface area (Å²) >= 11 is 1.54. The molecule has 0 radical (unpaired) electrons. The van der Waals surface area contributed by atoms with Crippen molar-refractivity contribution in [3.8, 4) is 0 Å². The van der Waals surface area contributed by atoms with E-state index in [2.05, 4.69) is 10.3 Å². The van der Waals surface area contributed by atoms with E-state index in [-0.39, 0.29) is 11.6 Å². The van der Waals surface area contributed by atoms with Crippen molar-refractivity contribution in [2.75, 3.05) is 5.32 Å². The first-order chi connectivity index (χ1) is 11.1. The monoisotopic (exact) mass is 329 g/mol. The molecule has 3 rings (SSSR count). The number of hydrogen-bond donors (Lipinski definition) is 1. The van der Waals surface area contributed by atoms with Crippen LogP contribution in [0.3, 0.4) is 0 Å². The van der Waals surface area contributed by atoms with Gasteiger partial charge in [0.1, 0.15) is 0 Å². The maximum atomic E-state index is 11.9. The predicted molar refractivity (Wildman–Crippen MR) is 89.5 cm³/mol. The molecule has 7 heteroatoms. The van der Waals surface area contributed by atoms with E-state index >= 15 is 0 Å². The van der Waals surface area contributed by atoms with Crippen molar-refractivity contribution in [3.05, 3.63) is 56.6 Å². The lowest BCUT2D eigenvalue weighted by Crippen LogP contribution is -2.07. The van der Waals surface area contributed by atoms with Crippen molar-refractivity contribution in [2.24, 2.45) is 0 Å². The molecule has 0 saturated carbocycles. The van der Waals surface area contributed by atoms with E-state index in [1.54, 1.807) is 18.2 Å². The van der Waals surface area contributed by atoms with Crippen molar-refractivity contribution in [3.63, 3.8) is 0 Å². The number of nitro benzene ring substituents is 1. The van der Waals surface area contributed by atoms with Crippen LogP contribution in [-0.2, 0) is 17.6 Å². The number of benzene rings is 1. The van der Waals surface area contributed by atoms with E-state index in [0.29, 0.717) is 5.13 Å². The molecule has 2 aromatic rings. The Labute approximate surface area is 137 Å². The molecule has 0 saturated heterocycles. The van der Waals surface area contributed by atoms with Crippen molar-refractivity contribution in [2.45, 2.75) is 25.7 Å². The van der Waals surface area contributed by atoms with Gasteiger partial charge in [0.05, 0.1) is 10.6 Å². The molecule has 0 aliphatic heterocycles. The van der Waals surface area contributed by atoms with Crippen LogP contribution in [0.1, 0.15) is 29.0 Å². The highest BCUT2D eigenvalue weighted by molar-refractivity contribution is 7.15. The van der Waals surface area contributed by atoms with Gasteiger partial charge in [-0.15, -0.1) is 11.3 Å². The Kier molecular flexibility index (Phi) is 4.47. The fourth-order valence-corrected chi connectivity index (χ4v) is 3.48. The lowest BCUT2D eigenvalue weighted by atomic mass is 10.0. The second-order valence-corrected chi connectivity index (χ2v) is 6.35. The highest BCUT2D eigenvalue weighted by Gasteiger charge is 2.15. The number of nitrogens with zero attached hydrogens (tertiary/aromatic N) is 2. The average Bonchev–Trinajstić information content (AvgIpc) is 2.95. The molecule has 1 heterocycles.